The average molecular weight is 416 g/mol. The van der Waals surface area contributed by atoms with Crippen LogP contribution in [0.2, 0.25) is 0 Å². The Morgan fingerprint density at radius 1 is 1.03 bits per heavy atom. The van der Waals surface area contributed by atoms with Crippen LogP contribution in [0.25, 0.3) is 0 Å². The van der Waals surface area contributed by atoms with Crippen LogP contribution in [-0.2, 0) is 14.8 Å². The van der Waals surface area contributed by atoms with Crippen molar-refractivity contribution < 1.29 is 17.9 Å². The number of hydrogen-bond acceptors (Lipinski definition) is 5. The lowest BCUT2D eigenvalue weighted by molar-refractivity contribution is -0.122. The number of pyridine rings is 1. The number of carbonyl (C=O) groups is 1. The quantitative estimate of drug-likeness (QED) is 0.783. The van der Waals surface area contributed by atoms with Gasteiger partial charge in [-0.05, 0) is 43.9 Å². The van der Waals surface area contributed by atoms with E-state index < -0.39 is 10.0 Å². The van der Waals surface area contributed by atoms with Gasteiger partial charge < -0.3 is 10.1 Å². The smallest absolute Gasteiger partial charge is 0.243 e. The van der Waals surface area contributed by atoms with E-state index in [0.717, 1.165) is 19.3 Å². The molecule has 1 aromatic heterocycles. The zero-order valence-corrected chi connectivity index (χ0v) is 17.0. The minimum atomic E-state index is -3.46. The van der Waals surface area contributed by atoms with Crippen LogP contribution in [0.1, 0.15) is 32.1 Å². The number of benzene rings is 1. The SMILES string of the molecule is O=C(Nc1ccc(OC2CCN(S(=O)(=O)c3ccccc3)CC2)nc1)C1CCC1. The second kappa shape index (κ2) is 8.51. The Hall–Kier alpha value is -2.45. The van der Waals surface area contributed by atoms with E-state index in [1.165, 1.54) is 4.31 Å². The van der Waals surface area contributed by atoms with Crippen molar-refractivity contribution in [3.05, 3.63) is 48.7 Å². The Kier molecular flexibility index (Phi) is 5.82. The molecule has 29 heavy (non-hydrogen) atoms. The van der Waals surface area contributed by atoms with E-state index in [1.54, 1.807) is 48.7 Å². The van der Waals surface area contributed by atoms with Gasteiger partial charge in [0.05, 0.1) is 16.8 Å². The van der Waals surface area contributed by atoms with Crippen LogP contribution in [0.5, 0.6) is 5.88 Å². The summed E-state index contributed by atoms with van der Waals surface area (Å²) in [6, 6.07) is 12.0. The molecule has 1 aliphatic carbocycles. The lowest BCUT2D eigenvalue weighted by atomic mass is 9.85. The number of sulfonamides is 1. The molecular weight excluding hydrogens is 390 g/mol. The molecule has 0 bridgehead atoms. The molecule has 1 aliphatic heterocycles. The third-order valence-electron chi connectivity index (χ3n) is 5.55. The van der Waals surface area contributed by atoms with Gasteiger partial charge in [0.25, 0.3) is 0 Å². The van der Waals surface area contributed by atoms with Gasteiger partial charge in [0.2, 0.25) is 21.8 Å². The normalized spacial score (nSPS) is 18.8. The third-order valence-corrected chi connectivity index (χ3v) is 7.46. The largest absolute Gasteiger partial charge is 0.474 e. The van der Waals surface area contributed by atoms with Gasteiger partial charge in [-0.3, -0.25) is 4.79 Å². The summed E-state index contributed by atoms with van der Waals surface area (Å²) in [6.45, 7) is 0.828. The van der Waals surface area contributed by atoms with E-state index in [1.807, 2.05) is 0 Å². The number of nitrogens with one attached hydrogen (secondary N) is 1. The molecule has 7 nitrogen and oxygen atoms in total. The standard InChI is InChI=1S/C21H25N3O4S/c25-21(16-5-4-6-16)23-17-9-10-20(22-15-17)28-18-11-13-24(14-12-18)29(26,27)19-7-2-1-3-8-19/h1-3,7-10,15-16,18H,4-6,11-14H2,(H,23,25). The highest BCUT2D eigenvalue weighted by molar-refractivity contribution is 7.89. The highest BCUT2D eigenvalue weighted by Crippen LogP contribution is 2.28. The van der Waals surface area contributed by atoms with Crippen molar-refractivity contribution in [1.82, 2.24) is 9.29 Å². The summed E-state index contributed by atoms with van der Waals surface area (Å²) in [6.07, 6.45) is 5.76. The Labute approximate surface area is 171 Å². The number of amides is 1. The van der Waals surface area contributed by atoms with E-state index in [4.69, 9.17) is 4.74 Å². The van der Waals surface area contributed by atoms with Crippen molar-refractivity contribution in [2.75, 3.05) is 18.4 Å². The summed E-state index contributed by atoms with van der Waals surface area (Å²) in [5.74, 6) is 0.665. The topological polar surface area (TPSA) is 88.6 Å². The zero-order valence-electron chi connectivity index (χ0n) is 16.2. The van der Waals surface area contributed by atoms with Crippen LogP contribution in [-0.4, -0.2) is 42.8 Å². The van der Waals surface area contributed by atoms with E-state index in [9.17, 15) is 13.2 Å². The van der Waals surface area contributed by atoms with Crippen molar-refractivity contribution in [2.24, 2.45) is 5.92 Å². The van der Waals surface area contributed by atoms with Gasteiger partial charge in [-0.1, -0.05) is 24.6 Å². The fraction of sp³-hybridized carbons (Fsp3) is 0.429. The first-order chi connectivity index (χ1) is 14.0. The zero-order chi connectivity index (χ0) is 20.3. The van der Waals surface area contributed by atoms with Crippen molar-refractivity contribution >= 4 is 21.6 Å². The second-order valence-electron chi connectivity index (χ2n) is 7.54. The third kappa shape index (κ3) is 4.59. The molecule has 1 amide bonds. The molecule has 0 radical (unpaired) electrons. The van der Waals surface area contributed by atoms with Crippen molar-refractivity contribution in [3.8, 4) is 5.88 Å². The summed E-state index contributed by atoms with van der Waals surface area (Å²) in [7, 11) is -3.46. The molecule has 4 rings (SSSR count). The minimum Gasteiger partial charge on any atom is -0.474 e. The molecule has 0 spiro atoms. The molecule has 1 saturated heterocycles. The highest BCUT2D eigenvalue weighted by atomic mass is 32.2. The highest BCUT2D eigenvalue weighted by Gasteiger charge is 2.30. The number of piperidine rings is 1. The maximum atomic E-state index is 12.7. The number of aromatic nitrogens is 1. The Morgan fingerprint density at radius 2 is 1.76 bits per heavy atom. The van der Waals surface area contributed by atoms with Crippen LogP contribution in [0.15, 0.2) is 53.6 Å². The van der Waals surface area contributed by atoms with Gasteiger partial charge in [-0.25, -0.2) is 13.4 Å². The first kappa shape index (κ1) is 19.8. The van der Waals surface area contributed by atoms with Gasteiger partial charge >= 0.3 is 0 Å². The van der Waals surface area contributed by atoms with Gasteiger partial charge in [-0.2, -0.15) is 4.31 Å². The number of hydrogen-bond donors (Lipinski definition) is 1. The molecule has 154 valence electrons. The van der Waals surface area contributed by atoms with Crippen LogP contribution < -0.4 is 10.1 Å². The van der Waals surface area contributed by atoms with E-state index in [0.29, 0.717) is 42.4 Å². The van der Waals surface area contributed by atoms with Crippen LogP contribution in [0, 0.1) is 5.92 Å². The van der Waals surface area contributed by atoms with Gasteiger partial charge in [-0.15, -0.1) is 0 Å². The van der Waals surface area contributed by atoms with Crippen molar-refractivity contribution in [3.63, 3.8) is 0 Å². The van der Waals surface area contributed by atoms with Crippen LogP contribution in [0.4, 0.5) is 5.69 Å². The Bertz CT molecular complexity index is 936. The minimum absolute atomic E-state index is 0.0544. The summed E-state index contributed by atoms with van der Waals surface area (Å²) in [4.78, 5) is 16.6. The van der Waals surface area contributed by atoms with Crippen LogP contribution in [0.3, 0.4) is 0 Å². The molecule has 0 atom stereocenters. The monoisotopic (exact) mass is 415 g/mol. The molecule has 8 heteroatoms. The molecule has 2 heterocycles. The van der Waals surface area contributed by atoms with E-state index >= 15 is 0 Å². The van der Waals surface area contributed by atoms with Gasteiger partial charge in [0.1, 0.15) is 6.10 Å². The molecule has 0 unspecified atom stereocenters. The summed E-state index contributed by atoms with van der Waals surface area (Å²) < 4.78 is 32.8. The predicted octanol–water partition coefficient (Wildman–Crippen LogP) is 3.05. The lowest BCUT2D eigenvalue weighted by Crippen LogP contribution is -2.41. The maximum absolute atomic E-state index is 12.7. The van der Waals surface area contributed by atoms with Crippen molar-refractivity contribution in [1.29, 1.82) is 0 Å². The summed E-state index contributed by atoms with van der Waals surface area (Å²) in [5.41, 5.74) is 0.665. The number of nitrogens with zero attached hydrogens (tertiary/aromatic N) is 2. The molecule has 2 fully saturated rings. The molecule has 2 aromatic rings. The first-order valence-electron chi connectivity index (χ1n) is 10.0. The Balaban J connectivity index is 1.29. The lowest BCUT2D eigenvalue weighted by Gasteiger charge is -2.31. The molecule has 1 aromatic carbocycles. The van der Waals surface area contributed by atoms with Gasteiger partial charge in [0, 0.05) is 25.1 Å². The average Bonchev–Trinajstić information content (AvgIpc) is 2.69. The number of rotatable bonds is 6. The molecule has 1 saturated carbocycles. The maximum Gasteiger partial charge on any atom is 0.243 e. The van der Waals surface area contributed by atoms with E-state index in [-0.39, 0.29) is 17.9 Å². The second-order valence-corrected chi connectivity index (χ2v) is 9.47. The summed E-state index contributed by atoms with van der Waals surface area (Å²) >= 11 is 0. The van der Waals surface area contributed by atoms with Gasteiger partial charge in [0.15, 0.2) is 0 Å². The van der Waals surface area contributed by atoms with E-state index in [2.05, 4.69) is 10.3 Å². The Morgan fingerprint density at radius 3 is 2.34 bits per heavy atom. The van der Waals surface area contributed by atoms with Crippen LogP contribution >= 0.6 is 0 Å². The number of carbonyl (C=O) groups excluding carboxylic acids is 1. The molecule has 1 N–H and O–H groups in total. The first-order valence-corrected chi connectivity index (χ1v) is 11.5. The van der Waals surface area contributed by atoms with Crippen molar-refractivity contribution in [2.45, 2.75) is 43.1 Å². The molecular formula is C21H25N3O4S. The molecule has 2 aliphatic rings. The number of ether oxygens (including phenoxy) is 1. The summed E-state index contributed by atoms with van der Waals surface area (Å²) in [5, 5.41) is 2.88. The fourth-order valence-corrected chi connectivity index (χ4v) is 5.03. The number of anilines is 1. The fourth-order valence-electron chi connectivity index (χ4n) is 3.54. The predicted molar refractivity (Wildman–Crippen MR) is 109 cm³/mol.